The van der Waals surface area contributed by atoms with E-state index in [1.807, 2.05) is 44.2 Å². The van der Waals surface area contributed by atoms with Gasteiger partial charge in [-0.25, -0.2) is 9.78 Å². The van der Waals surface area contributed by atoms with Crippen molar-refractivity contribution in [3.63, 3.8) is 0 Å². The van der Waals surface area contributed by atoms with E-state index >= 15 is 0 Å². The number of rotatable bonds is 6. The average molecular weight is 509 g/mol. The minimum Gasteiger partial charge on any atom is -0.489 e. The highest BCUT2D eigenvalue weighted by molar-refractivity contribution is 6.32. The third kappa shape index (κ3) is 4.92. The Balaban J connectivity index is 1.42. The van der Waals surface area contributed by atoms with Gasteiger partial charge in [-0.1, -0.05) is 35.0 Å². The van der Waals surface area contributed by atoms with E-state index in [4.69, 9.17) is 30.7 Å². The van der Waals surface area contributed by atoms with E-state index in [-0.39, 0.29) is 12.2 Å². The molecule has 0 radical (unpaired) electrons. The Hall–Kier alpha value is -3.85. The Kier molecular flexibility index (Phi) is 6.65. The van der Waals surface area contributed by atoms with Crippen LogP contribution in [0.4, 0.5) is 10.6 Å². The predicted molar refractivity (Wildman–Crippen MR) is 136 cm³/mol. The number of halogens is 1. The first-order valence-electron chi connectivity index (χ1n) is 11.7. The smallest absolute Gasteiger partial charge is 0.489 e. The molecule has 3 heterocycles. The summed E-state index contributed by atoms with van der Waals surface area (Å²) in [6.07, 6.45) is 1.47. The van der Waals surface area contributed by atoms with Crippen LogP contribution in [-0.2, 0) is 4.74 Å². The fourth-order valence-corrected chi connectivity index (χ4v) is 4.63. The molecule has 0 saturated carbocycles. The van der Waals surface area contributed by atoms with Crippen molar-refractivity contribution >= 4 is 34.3 Å². The third-order valence-corrected chi connectivity index (χ3v) is 6.30. The largest absolute Gasteiger partial charge is 0.506 e. The van der Waals surface area contributed by atoms with E-state index in [9.17, 15) is 4.79 Å². The summed E-state index contributed by atoms with van der Waals surface area (Å²) in [5.74, 6) is 2.25. The van der Waals surface area contributed by atoms with Crippen molar-refractivity contribution in [2.45, 2.75) is 38.9 Å². The molecule has 0 spiro atoms. The molecule has 5 rings (SSSR count). The van der Waals surface area contributed by atoms with Crippen molar-refractivity contribution in [2.24, 2.45) is 0 Å². The zero-order valence-electron chi connectivity index (χ0n) is 19.8. The van der Waals surface area contributed by atoms with E-state index < -0.39 is 6.16 Å². The molecule has 4 aromatic rings. The molecule has 2 aromatic carbocycles. The fourth-order valence-electron chi connectivity index (χ4n) is 4.40. The van der Waals surface area contributed by atoms with E-state index in [1.165, 1.54) is 0 Å². The number of nitrogens with zero attached hydrogens (tertiary/aromatic N) is 4. The maximum atomic E-state index is 10.8. The first-order valence-corrected chi connectivity index (χ1v) is 12.1. The quantitative estimate of drug-likeness (QED) is 0.311. The molecule has 1 fully saturated rings. The van der Waals surface area contributed by atoms with Gasteiger partial charge in [-0.15, -0.1) is 0 Å². The topological polar surface area (TPSA) is 111 Å². The van der Waals surface area contributed by atoms with E-state index in [0.29, 0.717) is 54.0 Å². The van der Waals surface area contributed by atoms with Gasteiger partial charge >= 0.3 is 6.16 Å². The van der Waals surface area contributed by atoms with Crippen LogP contribution in [0.2, 0.25) is 5.02 Å². The Bertz CT molecular complexity index is 1400. The molecule has 0 atom stereocenters. The number of fused-ring (bicyclic) bond motifs is 1. The second kappa shape index (κ2) is 10.0. The lowest BCUT2D eigenvalue weighted by molar-refractivity contribution is 0.0416. The number of hydrogen-bond donors (Lipinski definition) is 1. The Morgan fingerprint density at radius 1 is 1.17 bits per heavy atom. The normalized spacial score (nSPS) is 14.4. The highest BCUT2D eigenvalue weighted by Gasteiger charge is 2.24. The molecule has 1 aliphatic rings. The van der Waals surface area contributed by atoms with E-state index in [1.54, 1.807) is 18.3 Å². The number of carboxylic acid groups (broad SMARTS) is 1. The Morgan fingerprint density at radius 3 is 2.69 bits per heavy atom. The summed E-state index contributed by atoms with van der Waals surface area (Å²) in [5.41, 5.74) is 1.52. The van der Waals surface area contributed by atoms with Crippen molar-refractivity contribution in [1.82, 2.24) is 15.1 Å². The molecule has 0 bridgehead atoms. The molecule has 0 aliphatic carbocycles. The van der Waals surface area contributed by atoms with Gasteiger partial charge in [-0.2, -0.15) is 4.98 Å². The van der Waals surface area contributed by atoms with Crippen LogP contribution in [-0.4, -0.2) is 51.7 Å². The Morgan fingerprint density at radius 2 is 1.97 bits per heavy atom. The van der Waals surface area contributed by atoms with Gasteiger partial charge in [0, 0.05) is 48.6 Å². The summed E-state index contributed by atoms with van der Waals surface area (Å²) >= 11 is 6.39. The van der Waals surface area contributed by atoms with Crippen LogP contribution in [0.1, 0.15) is 26.7 Å². The zero-order valence-corrected chi connectivity index (χ0v) is 20.6. The van der Waals surface area contributed by atoms with Crippen molar-refractivity contribution < 1.29 is 23.9 Å². The highest BCUT2D eigenvalue weighted by Crippen LogP contribution is 2.35. The zero-order chi connectivity index (χ0) is 25.2. The standard InChI is InChI=1S/C26H25ClN4O5/c1-15(2)34-22-7-6-16(14-21(22)27)25-29-23(30-36-25)19-4-3-5-20-18(19)8-11-28-24(20)31-12-9-17(10-13-31)35-26(32)33/h3-8,11,14-15,17H,9-10,12-13H2,1-2H3,(H,32,33). The molecular formula is C26H25ClN4O5. The highest BCUT2D eigenvalue weighted by atomic mass is 35.5. The molecule has 1 aliphatic heterocycles. The van der Waals surface area contributed by atoms with Crippen LogP contribution >= 0.6 is 11.6 Å². The Labute approximate surface area is 212 Å². The number of pyridine rings is 1. The minimum absolute atomic E-state index is 0.0125. The van der Waals surface area contributed by atoms with Crippen molar-refractivity contribution in [2.75, 3.05) is 18.0 Å². The lowest BCUT2D eigenvalue weighted by Crippen LogP contribution is -2.38. The van der Waals surface area contributed by atoms with Crippen LogP contribution in [0.3, 0.4) is 0 Å². The van der Waals surface area contributed by atoms with Gasteiger partial charge in [0.1, 0.15) is 17.7 Å². The summed E-state index contributed by atoms with van der Waals surface area (Å²) < 4.78 is 16.2. The summed E-state index contributed by atoms with van der Waals surface area (Å²) in [7, 11) is 0. The molecule has 36 heavy (non-hydrogen) atoms. The molecule has 9 nitrogen and oxygen atoms in total. The van der Waals surface area contributed by atoms with Crippen molar-refractivity contribution in [1.29, 1.82) is 0 Å². The first-order chi connectivity index (χ1) is 17.4. The van der Waals surface area contributed by atoms with Gasteiger partial charge in [-0.3, -0.25) is 0 Å². The molecule has 1 N–H and O–H groups in total. The van der Waals surface area contributed by atoms with E-state index in [2.05, 4.69) is 20.0 Å². The van der Waals surface area contributed by atoms with Gasteiger partial charge in [0.25, 0.3) is 5.89 Å². The molecule has 10 heteroatoms. The predicted octanol–water partition coefficient (Wildman–Crippen LogP) is 6.06. The van der Waals surface area contributed by atoms with Crippen molar-refractivity contribution in [3.8, 4) is 28.6 Å². The van der Waals surface area contributed by atoms with Crippen LogP contribution < -0.4 is 9.64 Å². The van der Waals surface area contributed by atoms with Crippen LogP contribution in [0.15, 0.2) is 53.2 Å². The number of aromatic nitrogens is 3. The number of piperidine rings is 1. The van der Waals surface area contributed by atoms with Crippen molar-refractivity contribution in [3.05, 3.63) is 53.7 Å². The summed E-state index contributed by atoms with van der Waals surface area (Å²) in [6, 6.07) is 13.2. The molecule has 2 aromatic heterocycles. The molecular weight excluding hydrogens is 484 g/mol. The number of ether oxygens (including phenoxy) is 2. The molecule has 186 valence electrons. The lowest BCUT2D eigenvalue weighted by Gasteiger charge is -2.32. The fraction of sp³-hybridized carbons (Fsp3) is 0.308. The van der Waals surface area contributed by atoms with Gasteiger partial charge in [-0.05, 0) is 43.5 Å². The third-order valence-electron chi connectivity index (χ3n) is 6.00. The summed E-state index contributed by atoms with van der Waals surface area (Å²) in [4.78, 5) is 22.2. The molecule has 0 amide bonds. The van der Waals surface area contributed by atoms with E-state index in [0.717, 1.165) is 22.2 Å². The number of benzene rings is 2. The first kappa shape index (κ1) is 23.9. The second-order valence-electron chi connectivity index (χ2n) is 8.84. The minimum atomic E-state index is -1.23. The maximum Gasteiger partial charge on any atom is 0.506 e. The number of carbonyl (C=O) groups is 1. The van der Waals surface area contributed by atoms with Gasteiger partial charge in [0.2, 0.25) is 5.82 Å². The summed E-state index contributed by atoms with van der Waals surface area (Å²) in [6.45, 7) is 5.18. The van der Waals surface area contributed by atoms with Crippen LogP contribution in [0.25, 0.3) is 33.6 Å². The molecule has 1 saturated heterocycles. The van der Waals surface area contributed by atoms with Gasteiger partial charge in [0.05, 0.1) is 11.1 Å². The average Bonchev–Trinajstić information content (AvgIpc) is 3.35. The monoisotopic (exact) mass is 508 g/mol. The lowest BCUT2D eigenvalue weighted by atomic mass is 10.0. The summed E-state index contributed by atoms with van der Waals surface area (Å²) in [5, 5.41) is 15.5. The number of anilines is 1. The van der Waals surface area contributed by atoms with Crippen LogP contribution in [0, 0.1) is 0 Å². The number of hydrogen-bond acceptors (Lipinski definition) is 8. The molecule has 0 unspecified atom stereocenters. The van der Waals surface area contributed by atoms with Gasteiger partial charge < -0.3 is 24.0 Å². The van der Waals surface area contributed by atoms with Crippen LogP contribution in [0.5, 0.6) is 5.75 Å². The maximum absolute atomic E-state index is 10.8. The SMILES string of the molecule is CC(C)Oc1ccc(-c2nc(-c3cccc4c(N5CCC(OC(=O)O)CC5)nccc34)no2)cc1Cl. The van der Waals surface area contributed by atoms with Gasteiger partial charge in [0.15, 0.2) is 0 Å². The second-order valence-corrected chi connectivity index (χ2v) is 9.25.